The second-order valence-corrected chi connectivity index (χ2v) is 15.2. The number of aliphatic hydroxyl groups excluding tert-OH is 1. The van der Waals surface area contributed by atoms with Crippen LogP contribution in [0.4, 0.5) is 0 Å². The maximum Gasteiger partial charge on any atom is 0.261 e. The lowest BCUT2D eigenvalue weighted by atomic mass is 10.0. The number of aliphatic hydroxyl groups is 1. The molecule has 0 amide bonds. The molecule has 5 atom stereocenters. The first-order chi connectivity index (χ1) is 14.6. The Bertz CT molecular complexity index is 899. The van der Waals surface area contributed by atoms with Crippen LogP contribution in [-0.2, 0) is 13.9 Å². The molecule has 2 aromatic rings. The van der Waals surface area contributed by atoms with Gasteiger partial charge in [0, 0.05) is 5.41 Å². The lowest BCUT2D eigenvalue weighted by molar-refractivity contribution is -0.167. The molecule has 31 heavy (non-hydrogen) atoms. The van der Waals surface area contributed by atoms with E-state index in [1.54, 1.807) is 0 Å². The first-order valence-electron chi connectivity index (χ1n) is 11.4. The Kier molecular flexibility index (Phi) is 4.82. The van der Waals surface area contributed by atoms with E-state index in [0.717, 1.165) is 6.42 Å². The Labute approximate surface area is 186 Å². The zero-order chi connectivity index (χ0) is 22.1. The first-order valence-corrected chi connectivity index (χ1v) is 13.3. The molecule has 2 saturated carbocycles. The first kappa shape index (κ1) is 21.3. The molecular formula is C26H34O4Si. The van der Waals surface area contributed by atoms with Crippen molar-refractivity contribution in [1.82, 2.24) is 0 Å². The summed E-state index contributed by atoms with van der Waals surface area (Å²) in [4.78, 5) is 0. The minimum Gasteiger partial charge on any atom is -0.401 e. The highest BCUT2D eigenvalue weighted by Gasteiger charge is 2.76. The molecule has 0 aromatic heterocycles. The van der Waals surface area contributed by atoms with E-state index in [1.807, 2.05) is 13.8 Å². The molecule has 166 valence electrons. The van der Waals surface area contributed by atoms with Crippen molar-refractivity contribution >= 4 is 18.7 Å². The Morgan fingerprint density at radius 3 is 2.00 bits per heavy atom. The fraction of sp³-hybridized carbons (Fsp3) is 0.538. The van der Waals surface area contributed by atoms with Crippen LogP contribution in [0.3, 0.4) is 0 Å². The molecule has 1 aliphatic heterocycles. The van der Waals surface area contributed by atoms with E-state index in [0.29, 0.717) is 0 Å². The average Bonchev–Trinajstić information content (AvgIpc) is 3.31. The highest BCUT2D eigenvalue weighted by molar-refractivity contribution is 6.99. The van der Waals surface area contributed by atoms with E-state index in [4.69, 9.17) is 13.9 Å². The third kappa shape index (κ3) is 3.09. The van der Waals surface area contributed by atoms with Gasteiger partial charge in [0.1, 0.15) is 6.10 Å². The number of benzene rings is 2. The molecule has 1 N–H and O–H groups in total. The van der Waals surface area contributed by atoms with Crippen molar-refractivity contribution in [1.29, 1.82) is 0 Å². The molecule has 3 fully saturated rings. The smallest absolute Gasteiger partial charge is 0.261 e. The van der Waals surface area contributed by atoms with Crippen LogP contribution in [0.2, 0.25) is 5.04 Å². The molecular weight excluding hydrogens is 404 g/mol. The van der Waals surface area contributed by atoms with Crippen molar-refractivity contribution in [2.75, 3.05) is 6.61 Å². The molecule has 3 aliphatic rings. The number of rotatable bonds is 5. The van der Waals surface area contributed by atoms with E-state index in [9.17, 15) is 5.11 Å². The summed E-state index contributed by atoms with van der Waals surface area (Å²) in [6.07, 6.45) is 0.584. The van der Waals surface area contributed by atoms with Crippen molar-refractivity contribution in [3.8, 4) is 0 Å². The predicted octanol–water partition coefficient (Wildman–Crippen LogP) is 3.46. The quantitative estimate of drug-likeness (QED) is 0.727. The highest BCUT2D eigenvalue weighted by atomic mass is 28.4. The SMILES string of the molecule is CC1(C)O[C@H]2[C@@H](O[Si](c3ccccc3)(c3ccccc3)C(C)(C)C)[C@H]3CC3(CO)[C@H]2O1. The van der Waals surface area contributed by atoms with E-state index in [2.05, 4.69) is 81.4 Å². The van der Waals surface area contributed by atoms with Gasteiger partial charge in [-0.25, -0.2) is 0 Å². The normalized spacial score (nSPS) is 33.7. The number of hydrogen-bond acceptors (Lipinski definition) is 4. The summed E-state index contributed by atoms with van der Waals surface area (Å²) in [5, 5.41) is 12.8. The number of fused-ring (bicyclic) bond motifs is 3. The lowest BCUT2D eigenvalue weighted by Gasteiger charge is -2.45. The van der Waals surface area contributed by atoms with Crippen LogP contribution in [0.1, 0.15) is 41.0 Å². The van der Waals surface area contributed by atoms with Gasteiger partial charge in [-0.15, -0.1) is 0 Å². The largest absolute Gasteiger partial charge is 0.401 e. The molecule has 0 bridgehead atoms. The Morgan fingerprint density at radius 2 is 1.52 bits per heavy atom. The van der Waals surface area contributed by atoms with Crippen LogP contribution >= 0.6 is 0 Å². The monoisotopic (exact) mass is 438 g/mol. The second-order valence-electron chi connectivity index (χ2n) is 11.0. The van der Waals surface area contributed by atoms with Gasteiger partial charge in [-0.05, 0) is 41.6 Å². The fourth-order valence-corrected chi connectivity index (χ4v) is 10.9. The zero-order valence-electron chi connectivity index (χ0n) is 19.2. The van der Waals surface area contributed by atoms with Crippen LogP contribution in [0.25, 0.3) is 0 Å². The van der Waals surface area contributed by atoms with Crippen molar-refractivity contribution < 1.29 is 19.0 Å². The Balaban J connectivity index is 1.64. The van der Waals surface area contributed by atoms with Gasteiger partial charge in [0.05, 0.1) is 18.8 Å². The molecule has 1 unspecified atom stereocenters. The fourth-order valence-electron chi connectivity index (χ4n) is 6.14. The van der Waals surface area contributed by atoms with Gasteiger partial charge in [0.2, 0.25) is 0 Å². The van der Waals surface area contributed by atoms with Crippen LogP contribution in [0.15, 0.2) is 60.7 Å². The lowest BCUT2D eigenvalue weighted by Crippen LogP contribution is -2.68. The van der Waals surface area contributed by atoms with Crippen molar-refractivity contribution in [3.05, 3.63) is 60.7 Å². The van der Waals surface area contributed by atoms with Gasteiger partial charge in [-0.3, -0.25) is 0 Å². The summed E-state index contributed by atoms with van der Waals surface area (Å²) in [5.41, 5.74) is -0.228. The van der Waals surface area contributed by atoms with Gasteiger partial charge in [0.15, 0.2) is 5.79 Å². The molecule has 4 nitrogen and oxygen atoms in total. The summed E-state index contributed by atoms with van der Waals surface area (Å²) < 4.78 is 20.2. The third-order valence-corrected chi connectivity index (χ3v) is 12.6. The standard InChI is InChI=1S/C26H34O4Si/c1-24(2,3)31(18-12-8-6-9-13-18,19-14-10-7-11-15-19)30-21-20-16-26(20,17-27)23-22(21)28-25(4,5)29-23/h6-15,20-23,27H,16-17H2,1-5H3/t20-,21+,22+,23+,26?/m1/s1. The van der Waals surface area contributed by atoms with Gasteiger partial charge in [-0.1, -0.05) is 81.4 Å². The van der Waals surface area contributed by atoms with Gasteiger partial charge in [-0.2, -0.15) is 0 Å². The molecule has 2 aliphatic carbocycles. The highest BCUT2D eigenvalue weighted by Crippen LogP contribution is 2.68. The van der Waals surface area contributed by atoms with E-state index < -0.39 is 14.1 Å². The zero-order valence-corrected chi connectivity index (χ0v) is 20.2. The summed E-state index contributed by atoms with van der Waals surface area (Å²) in [6, 6.07) is 21.5. The maximum atomic E-state index is 10.3. The second kappa shape index (κ2) is 7.00. The summed E-state index contributed by atoms with van der Waals surface area (Å²) in [7, 11) is -2.70. The number of ether oxygens (including phenoxy) is 2. The maximum absolute atomic E-state index is 10.3. The van der Waals surface area contributed by atoms with Crippen LogP contribution in [0, 0.1) is 11.3 Å². The van der Waals surface area contributed by atoms with Crippen LogP contribution in [0.5, 0.6) is 0 Å². The average molecular weight is 439 g/mol. The van der Waals surface area contributed by atoms with Gasteiger partial charge >= 0.3 is 0 Å². The Morgan fingerprint density at radius 1 is 0.968 bits per heavy atom. The Hall–Kier alpha value is -1.50. The predicted molar refractivity (Wildman–Crippen MR) is 124 cm³/mol. The third-order valence-electron chi connectivity index (χ3n) is 7.62. The molecule has 5 rings (SSSR count). The molecule has 2 aromatic carbocycles. The summed E-state index contributed by atoms with van der Waals surface area (Å²) in [5.74, 6) is -0.386. The van der Waals surface area contributed by atoms with Crippen molar-refractivity contribution in [2.24, 2.45) is 11.3 Å². The van der Waals surface area contributed by atoms with Gasteiger partial charge in [0.25, 0.3) is 8.32 Å². The van der Waals surface area contributed by atoms with Crippen molar-refractivity contribution in [2.45, 2.75) is 70.2 Å². The molecule has 0 radical (unpaired) electrons. The molecule has 1 heterocycles. The minimum atomic E-state index is -2.70. The van der Waals surface area contributed by atoms with E-state index in [-0.39, 0.29) is 41.3 Å². The van der Waals surface area contributed by atoms with E-state index in [1.165, 1.54) is 10.4 Å². The molecule has 0 spiro atoms. The molecule has 5 heteroatoms. The molecule has 1 saturated heterocycles. The van der Waals surface area contributed by atoms with Crippen LogP contribution in [-0.4, -0.2) is 44.1 Å². The summed E-state index contributed by atoms with van der Waals surface area (Å²) in [6.45, 7) is 11.0. The van der Waals surface area contributed by atoms with Crippen molar-refractivity contribution in [3.63, 3.8) is 0 Å². The minimum absolute atomic E-state index is 0.0924. The van der Waals surface area contributed by atoms with E-state index >= 15 is 0 Å². The summed E-state index contributed by atoms with van der Waals surface area (Å²) >= 11 is 0. The number of hydrogen-bond donors (Lipinski definition) is 1. The van der Waals surface area contributed by atoms with Gasteiger partial charge < -0.3 is 19.0 Å². The topological polar surface area (TPSA) is 47.9 Å². The van der Waals surface area contributed by atoms with Crippen LogP contribution < -0.4 is 10.4 Å².